The van der Waals surface area contributed by atoms with Crippen LogP contribution >= 0.6 is 11.8 Å². The quantitative estimate of drug-likeness (QED) is 0.857. The highest BCUT2D eigenvalue weighted by molar-refractivity contribution is 7.98. The van der Waals surface area contributed by atoms with Crippen molar-refractivity contribution in [3.05, 3.63) is 36.7 Å². The summed E-state index contributed by atoms with van der Waals surface area (Å²) in [6, 6.07) is 7.14. The Morgan fingerprint density at radius 1 is 1.52 bits per heavy atom. The predicted molar refractivity (Wildman–Crippen MR) is 88.2 cm³/mol. The molecule has 0 saturated heterocycles. The fourth-order valence-electron chi connectivity index (χ4n) is 1.99. The van der Waals surface area contributed by atoms with Crippen molar-refractivity contribution in [3.8, 4) is 11.4 Å². The molecule has 1 atom stereocenters. The van der Waals surface area contributed by atoms with Crippen LogP contribution in [0.15, 0.2) is 36.7 Å². The van der Waals surface area contributed by atoms with E-state index < -0.39 is 6.04 Å². The molecule has 0 fully saturated rings. The summed E-state index contributed by atoms with van der Waals surface area (Å²) in [5.41, 5.74) is 7.56. The summed E-state index contributed by atoms with van der Waals surface area (Å²) in [5.74, 6) is 1.58. The number of imidazole rings is 1. The fraction of sp³-hybridized carbons (Fsp3) is 0.333. The average molecular weight is 304 g/mol. The standard InChI is InChI=1S/C15H20N4OS/c1-19-8-7-17-14(19)11-4-3-5-12(10-11)18-15(20)13(16)6-9-21-2/h3-5,7-8,10,13H,6,9,16H2,1-2H3,(H,18,20)/t13-/m0/s1. The van der Waals surface area contributed by atoms with Gasteiger partial charge in [-0.25, -0.2) is 4.98 Å². The van der Waals surface area contributed by atoms with Crippen molar-refractivity contribution in [1.82, 2.24) is 9.55 Å². The number of nitrogens with zero attached hydrogens (tertiary/aromatic N) is 2. The van der Waals surface area contributed by atoms with E-state index in [0.29, 0.717) is 6.42 Å². The number of amides is 1. The zero-order valence-electron chi connectivity index (χ0n) is 12.2. The Balaban J connectivity index is 2.08. The molecule has 0 aliphatic rings. The zero-order chi connectivity index (χ0) is 15.2. The number of nitrogens with one attached hydrogen (secondary N) is 1. The van der Waals surface area contributed by atoms with Crippen molar-refractivity contribution in [2.75, 3.05) is 17.3 Å². The van der Waals surface area contributed by atoms with Crippen LogP contribution in [0.2, 0.25) is 0 Å². The van der Waals surface area contributed by atoms with E-state index in [1.54, 1.807) is 18.0 Å². The number of hydrogen-bond acceptors (Lipinski definition) is 4. The number of hydrogen-bond donors (Lipinski definition) is 2. The zero-order valence-corrected chi connectivity index (χ0v) is 13.1. The van der Waals surface area contributed by atoms with Gasteiger partial charge in [-0.15, -0.1) is 0 Å². The summed E-state index contributed by atoms with van der Waals surface area (Å²) in [5, 5.41) is 2.86. The van der Waals surface area contributed by atoms with Crippen molar-refractivity contribution in [1.29, 1.82) is 0 Å². The third-order valence-electron chi connectivity index (χ3n) is 3.18. The minimum Gasteiger partial charge on any atom is -0.334 e. The molecule has 3 N–H and O–H groups in total. The van der Waals surface area contributed by atoms with E-state index in [9.17, 15) is 4.79 Å². The second kappa shape index (κ2) is 7.28. The molecule has 21 heavy (non-hydrogen) atoms. The van der Waals surface area contributed by atoms with Crippen molar-refractivity contribution in [2.24, 2.45) is 12.8 Å². The first kappa shape index (κ1) is 15.6. The van der Waals surface area contributed by atoms with Gasteiger partial charge in [0, 0.05) is 30.7 Å². The van der Waals surface area contributed by atoms with Gasteiger partial charge in [0.1, 0.15) is 5.82 Å². The van der Waals surface area contributed by atoms with Crippen molar-refractivity contribution < 1.29 is 4.79 Å². The van der Waals surface area contributed by atoms with Gasteiger partial charge in [0.2, 0.25) is 5.91 Å². The largest absolute Gasteiger partial charge is 0.334 e. The fourth-order valence-corrected chi connectivity index (χ4v) is 2.48. The maximum atomic E-state index is 12.0. The summed E-state index contributed by atoms with van der Waals surface area (Å²) in [4.78, 5) is 16.3. The molecule has 0 bridgehead atoms. The molecule has 5 nitrogen and oxygen atoms in total. The normalized spacial score (nSPS) is 12.1. The lowest BCUT2D eigenvalue weighted by Gasteiger charge is -2.12. The molecule has 6 heteroatoms. The van der Waals surface area contributed by atoms with Gasteiger partial charge in [0.05, 0.1) is 6.04 Å². The Kier molecular flexibility index (Phi) is 5.41. The Bertz CT molecular complexity index is 611. The van der Waals surface area contributed by atoms with Crippen LogP contribution in [-0.2, 0) is 11.8 Å². The van der Waals surface area contributed by atoms with Crippen molar-refractivity contribution in [3.63, 3.8) is 0 Å². The predicted octanol–water partition coefficient (Wildman–Crippen LogP) is 2.11. The molecular formula is C15H20N4OS. The molecule has 2 rings (SSSR count). The maximum Gasteiger partial charge on any atom is 0.241 e. The van der Waals surface area contributed by atoms with Gasteiger partial charge >= 0.3 is 0 Å². The molecule has 2 aromatic rings. The van der Waals surface area contributed by atoms with E-state index in [1.165, 1.54) is 0 Å². The van der Waals surface area contributed by atoms with Crippen molar-refractivity contribution in [2.45, 2.75) is 12.5 Å². The number of rotatable bonds is 6. The SMILES string of the molecule is CSCC[C@H](N)C(=O)Nc1cccc(-c2nccn2C)c1. The molecular weight excluding hydrogens is 284 g/mol. The summed E-state index contributed by atoms with van der Waals surface area (Å²) < 4.78 is 1.94. The average Bonchev–Trinajstić information content (AvgIpc) is 2.91. The molecule has 1 aromatic heterocycles. The molecule has 0 aliphatic heterocycles. The lowest BCUT2D eigenvalue weighted by atomic mass is 10.1. The summed E-state index contributed by atoms with van der Waals surface area (Å²) in [7, 11) is 1.94. The van der Waals surface area contributed by atoms with Gasteiger partial charge in [0.25, 0.3) is 0 Å². The Hall–Kier alpha value is -1.79. The lowest BCUT2D eigenvalue weighted by molar-refractivity contribution is -0.117. The first-order chi connectivity index (χ1) is 10.1. The van der Waals surface area contributed by atoms with Crippen LogP contribution in [0, 0.1) is 0 Å². The van der Waals surface area contributed by atoms with Gasteiger partial charge < -0.3 is 15.6 Å². The maximum absolute atomic E-state index is 12.0. The molecule has 112 valence electrons. The molecule has 0 radical (unpaired) electrons. The Morgan fingerprint density at radius 3 is 3.00 bits per heavy atom. The molecule has 0 spiro atoms. The van der Waals surface area contributed by atoms with Gasteiger partial charge in [0.15, 0.2) is 0 Å². The van der Waals surface area contributed by atoms with E-state index in [4.69, 9.17) is 5.73 Å². The van der Waals surface area contributed by atoms with Gasteiger partial charge in [-0.05, 0) is 30.6 Å². The Labute approximate surface area is 128 Å². The highest BCUT2D eigenvalue weighted by Crippen LogP contribution is 2.20. The first-order valence-corrected chi connectivity index (χ1v) is 8.14. The molecule has 0 unspecified atom stereocenters. The topological polar surface area (TPSA) is 72.9 Å². The third kappa shape index (κ3) is 4.09. The summed E-state index contributed by atoms with van der Waals surface area (Å²) >= 11 is 1.68. The minimum absolute atomic E-state index is 0.152. The molecule has 0 aliphatic carbocycles. The van der Waals surface area contributed by atoms with E-state index in [2.05, 4.69) is 10.3 Å². The number of aryl methyl sites for hydroxylation is 1. The number of aromatic nitrogens is 2. The smallest absolute Gasteiger partial charge is 0.241 e. The van der Waals surface area contributed by atoms with E-state index in [1.807, 2.05) is 48.3 Å². The van der Waals surface area contributed by atoms with Crippen LogP contribution in [0.4, 0.5) is 5.69 Å². The Morgan fingerprint density at radius 2 is 2.33 bits per heavy atom. The van der Waals surface area contributed by atoms with Crippen molar-refractivity contribution >= 4 is 23.4 Å². The second-order valence-corrected chi connectivity index (χ2v) is 5.81. The monoisotopic (exact) mass is 304 g/mol. The number of nitrogens with two attached hydrogens (primary N) is 1. The second-order valence-electron chi connectivity index (χ2n) is 4.82. The number of benzene rings is 1. The number of anilines is 1. The van der Waals surface area contributed by atoms with Crippen LogP contribution in [0.5, 0.6) is 0 Å². The molecule has 0 saturated carbocycles. The molecule has 1 heterocycles. The van der Waals surface area contributed by atoms with Gasteiger partial charge in [-0.2, -0.15) is 11.8 Å². The lowest BCUT2D eigenvalue weighted by Crippen LogP contribution is -2.36. The highest BCUT2D eigenvalue weighted by Gasteiger charge is 2.13. The first-order valence-electron chi connectivity index (χ1n) is 6.75. The molecule has 1 amide bonds. The van der Waals surface area contributed by atoms with Crippen LogP contribution in [-0.4, -0.2) is 33.5 Å². The van der Waals surface area contributed by atoms with E-state index in [0.717, 1.165) is 22.8 Å². The minimum atomic E-state index is -0.478. The summed E-state index contributed by atoms with van der Waals surface area (Å²) in [6.07, 6.45) is 6.31. The van der Waals surface area contributed by atoms with E-state index in [-0.39, 0.29) is 5.91 Å². The third-order valence-corrected chi connectivity index (χ3v) is 3.82. The summed E-state index contributed by atoms with van der Waals surface area (Å²) in [6.45, 7) is 0. The van der Waals surface area contributed by atoms with E-state index >= 15 is 0 Å². The van der Waals surface area contributed by atoms with Crippen LogP contribution in [0.3, 0.4) is 0 Å². The van der Waals surface area contributed by atoms with Gasteiger partial charge in [-0.1, -0.05) is 12.1 Å². The van der Waals surface area contributed by atoms with Crippen LogP contribution in [0.25, 0.3) is 11.4 Å². The highest BCUT2D eigenvalue weighted by atomic mass is 32.2. The number of carbonyl (C=O) groups excluding carboxylic acids is 1. The number of thioether (sulfide) groups is 1. The number of carbonyl (C=O) groups is 1. The molecule has 1 aromatic carbocycles. The van der Waals surface area contributed by atoms with Crippen LogP contribution < -0.4 is 11.1 Å². The van der Waals surface area contributed by atoms with Crippen LogP contribution in [0.1, 0.15) is 6.42 Å². The van der Waals surface area contributed by atoms with Gasteiger partial charge in [-0.3, -0.25) is 4.79 Å².